The molecule has 0 N–H and O–H groups in total. The lowest BCUT2D eigenvalue weighted by Gasteiger charge is -2.40. The zero-order valence-electron chi connectivity index (χ0n) is 24.7. The fourth-order valence-electron chi connectivity index (χ4n) is 10.4. The fourth-order valence-corrected chi connectivity index (χ4v) is 10.4. The van der Waals surface area contributed by atoms with Crippen molar-refractivity contribution in [1.82, 2.24) is 0 Å². The summed E-state index contributed by atoms with van der Waals surface area (Å²) in [4.78, 5) is 27.8. The Morgan fingerprint density at radius 1 is 0.591 bits per heavy atom. The molecule has 0 amide bonds. The SMILES string of the molecule is C[C@@H]1C=C(C2CCC3C(C2)C(=O)C2CC4C(CC23)C(=O)C2CC(c3ccc(C(F)(F)F)cc3)CCC24)C=CC(C(F)(F)F)=C1. The van der Waals surface area contributed by atoms with Crippen molar-refractivity contribution in [3.05, 3.63) is 70.8 Å². The molecule has 0 spiro atoms. The van der Waals surface area contributed by atoms with E-state index < -0.39 is 23.5 Å². The van der Waals surface area contributed by atoms with E-state index in [1.165, 1.54) is 12.2 Å². The van der Waals surface area contributed by atoms with Gasteiger partial charge in [-0.3, -0.25) is 9.59 Å². The molecule has 0 aliphatic heterocycles. The normalized spacial score (nSPS) is 40.4. The highest BCUT2D eigenvalue weighted by Crippen LogP contribution is 2.62. The molecule has 0 saturated heterocycles. The van der Waals surface area contributed by atoms with E-state index in [2.05, 4.69) is 0 Å². The predicted octanol–water partition coefficient (Wildman–Crippen LogP) is 9.28. The van der Waals surface area contributed by atoms with Crippen LogP contribution in [0.4, 0.5) is 26.3 Å². The Morgan fingerprint density at radius 3 is 1.66 bits per heavy atom. The van der Waals surface area contributed by atoms with Crippen LogP contribution in [0.15, 0.2) is 59.7 Å². The third kappa shape index (κ3) is 5.12. The van der Waals surface area contributed by atoms with Crippen LogP contribution < -0.4 is 0 Å². The smallest absolute Gasteiger partial charge is 0.299 e. The summed E-state index contributed by atoms with van der Waals surface area (Å²) < 4.78 is 79.4. The van der Waals surface area contributed by atoms with Gasteiger partial charge in [-0.05, 0) is 116 Å². The zero-order chi connectivity index (χ0) is 31.1. The van der Waals surface area contributed by atoms with Crippen LogP contribution in [0.3, 0.4) is 0 Å². The van der Waals surface area contributed by atoms with Gasteiger partial charge in [-0.25, -0.2) is 0 Å². The maximum atomic E-state index is 13.9. The van der Waals surface area contributed by atoms with Crippen molar-refractivity contribution in [2.75, 3.05) is 0 Å². The molecule has 0 radical (unpaired) electrons. The molecular weight excluding hydrogens is 578 g/mol. The Balaban J connectivity index is 1.03. The first-order chi connectivity index (χ1) is 20.8. The Labute approximate surface area is 254 Å². The zero-order valence-corrected chi connectivity index (χ0v) is 24.7. The van der Waals surface area contributed by atoms with E-state index in [9.17, 15) is 35.9 Å². The second-order valence-corrected chi connectivity index (χ2v) is 14.5. The van der Waals surface area contributed by atoms with Gasteiger partial charge >= 0.3 is 12.4 Å². The highest BCUT2D eigenvalue weighted by molar-refractivity contribution is 5.90. The first kappa shape index (κ1) is 30.0. The van der Waals surface area contributed by atoms with Gasteiger partial charge in [0.1, 0.15) is 11.6 Å². The molecule has 0 aromatic heterocycles. The monoisotopic (exact) mass is 616 g/mol. The van der Waals surface area contributed by atoms with Gasteiger partial charge in [-0.1, -0.05) is 43.4 Å². The highest BCUT2D eigenvalue weighted by atomic mass is 19.4. The molecule has 0 bridgehead atoms. The van der Waals surface area contributed by atoms with Crippen molar-refractivity contribution in [3.8, 4) is 0 Å². The number of Topliss-reactive ketones (excluding diaryl/α,β-unsaturated/α-hetero) is 2. The first-order valence-corrected chi connectivity index (χ1v) is 16.2. The van der Waals surface area contributed by atoms with Gasteiger partial charge in [0.2, 0.25) is 0 Å². The molecule has 0 heterocycles. The van der Waals surface area contributed by atoms with E-state index in [1.54, 1.807) is 25.1 Å². The molecule has 11 atom stereocenters. The van der Waals surface area contributed by atoms with E-state index in [1.807, 2.05) is 6.08 Å². The lowest BCUT2D eigenvalue weighted by molar-refractivity contribution is -0.137. The molecule has 6 aliphatic rings. The van der Waals surface area contributed by atoms with Gasteiger partial charge in [-0.2, -0.15) is 26.3 Å². The molecule has 5 fully saturated rings. The highest BCUT2D eigenvalue weighted by Gasteiger charge is 2.61. The molecule has 1 aromatic carbocycles. The second kappa shape index (κ2) is 10.7. The van der Waals surface area contributed by atoms with Gasteiger partial charge in [-0.15, -0.1) is 0 Å². The number of hydrogen-bond acceptors (Lipinski definition) is 2. The summed E-state index contributed by atoms with van der Waals surface area (Å²) in [6.45, 7) is 1.76. The van der Waals surface area contributed by atoms with Crippen LogP contribution >= 0.6 is 0 Å². The van der Waals surface area contributed by atoms with Crippen molar-refractivity contribution < 1.29 is 35.9 Å². The molecule has 8 heteroatoms. The molecule has 10 unspecified atom stereocenters. The van der Waals surface area contributed by atoms with Gasteiger partial charge in [0.25, 0.3) is 0 Å². The van der Waals surface area contributed by atoms with E-state index in [-0.39, 0.29) is 65.1 Å². The number of benzene rings is 1. The van der Waals surface area contributed by atoms with Crippen LogP contribution in [-0.2, 0) is 15.8 Å². The summed E-state index contributed by atoms with van der Waals surface area (Å²) in [6, 6.07) is 5.39. The molecule has 7 rings (SSSR count). The Morgan fingerprint density at radius 2 is 1.11 bits per heavy atom. The molecule has 2 nitrogen and oxygen atoms in total. The maximum absolute atomic E-state index is 13.9. The average molecular weight is 617 g/mol. The number of rotatable bonds is 2. The summed E-state index contributed by atoms with van der Waals surface area (Å²) in [7, 11) is 0. The Bertz CT molecular complexity index is 1420. The van der Waals surface area contributed by atoms with Crippen LogP contribution in [-0.4, -0.2) is 17.7 Å². The minimum Gasteiger partial charge on any atom is -0.299 e. The number of halogens is 6. The van der Waals surface area contributed by atoms with Crippen molar-refractivity contribution in [2.24, 2.45) is 59.2 Å². The average Bonchev–Trinajstić information content (AvgIpc) is 3.30. The Kier molecular flexibility index (Phi) is 7.32. The minimum atomic E-state index is -4.39. The number of ketones is 2. The van der Waals surface area contributed by atoms with Crippen LogP contribution in [0, 0.1) is 59.2 Å². The third-order valence-electron chi connectivity index (χ3n) is 12.3. The number of alkyl halides is 6. The number of carbonyl (C=O) groups is 2. The molecule has 1 aromatic rings. The van der Waals surface area contributed by atoms with Crippen LogP contribution in [0.2, 0.25) is 0 Å². The summed E-state index contributed by atoms with van der Waals surface area (Å²) in [5, 5.41) is 0. The number of carbonyl (C=O) groups excluding carboxylic acids is 2. The van der Waals surface area contributed by atoms with Crippen molar-refractivity contribution in [3.63, 3.8) is 0 Å². The molecule has 6 aliphatic carbocycles. The van der Waals surface area contributed by atoms with Gasteiger partial charge in [0.05, 0.1) is 11.1 Å². The van der Waals surface area contributed by atoms with E-state index in [0.29, 0.717) is 24.4 Å². The summed E-state index contributed by atoms with van der Waals surface area (Å²) in [5.74, 6) is 0.996. The predicted molar refractivity (Wildman–Crippen MR) is 153 cm³/mol. The van der Waals surface area contributed by atoms with Crippen LogP contribution in [0.25, 0.3) is 0 Å². The minimum absolute atomic E-state index is 0.0397. The largest absolute Gasteiger partial charge is 0.416 e. The molecule has 5 saturated carbocycles. The van der Waals surface area contributed by atoms with Crippen LogP contribution in [0.5, 0.6) is 0 Å². The summed E-state index contributed by atoms with van der Waals surface area (Å²) in [5.41, 5.74) is 0.472. The number of hydrogen-bond donors (Lipinski definition) is 0. The number of fused-ring (bicyclic) bond motifs is 6. The topological polar surface area (TPSA) is 34.1 Å². The number of allylic oxidation sites excluding steroid dienone is 6. The Hall–Kier alpha value is -2.64. The molecular formula is C36H38F6O2. The first-order valence-electron chi connectivity index (χ1n) is 16.2. The van der Waals surface area contributed by atoms with E-state index in [4.69, 9.17) is 0 Å². The van der Waals surface area contributed by atoms with Crippen LogP contribution in [0.1, 0.15) is 75.3 Å². The van der Waals surface area contributed by atoms with Gasteiger partial charge in [0.15, 0.2) is 0 Å². The fraction of sp³-hybridized carbons (Fsp3) is 0.611. The van der Waals surface area contributed by atoms with Gasteiger partial charge < -0.3 is 0 Å². The third-order valence-corrected chi connectivity index (χ3v) is 12.3. The van der Waals surface area contributed by atoms with E-state index in [0.717, 1.165) is 61.8 Å². The van der Waals surface area contributed by atoms with Crippen molar-refractivity contribution in [1.29, 1.82) is 0 Å². The van der Waals surface area contributed by atoms with Gasteiger partial charge in [0, 0.05) is 23.7 Å². The maximum Gasteiger partial charge on any atom is 0.416 e. The standard InChI is InChI=1S/C36H38F6O2/c1-18-12-20(4-9-24(13-18)36(40,41)42)22-6-11-26-28-17-31-27(16-32(28)34(44)30(26)15-22)25-10-5-21(14-29(25)33(31)43)19-2-7-23(8-3-19)35(37,38)39/h2-4,7-9,12-13,18,21-22,25-32H,5-6,10-11,14-17H2,1H3/t18-,21?,22?,25?,26?,27?,28?,29?,30?,31?,32?/m1/s1. The lowest BCUT2D eigenvalue weighted by Crippen LogP contribution is -2.35. The summed E-state index contributed by atoms with van der Waals surface area (Å²) in [6.07, 6.45) is 3.42. The van der Waals surface area contributed by atoms with E-state index >= 15 is 0 Å². The summed E-state index contributed by atoms with van der Waals surface area (Å²) >= 11 is 0. The quantitative estimate of drug-likeness (QED) is 0.311. The second-order valence-electron chi connectivity index (χ2n) is 14.5. The van der Waals surface area contributed by atoms with Crippen molar-refractivity contribution >= 4 is 11.6 Å². The molecule has 44 heavy (non-hydrogen) atoms. The lowest BCUT2D eigenvalue weighted by atomic mass is 9.63. The van der Waals surface area contributed by atoms with Crippen molar-refractivity contribution in [2.45, 2.75) is 76.6 Å². The molecule has 236 valence electrons.